The van der Waals surface area contributed by atoms with Crippen LogP contribution in [0.5, 0.6) is 0 Å². The van der Waals surface area contributed by atoms with Crippen molar-refractivity contribution in [2.75, 3.05) is 6.54 Å². The summed E-state index contributed by atoms with van der Waals surface area (Å²) in [6.07, 6.45) is 4.62. The van der Waals surface area contributed by atoms with E-state index in [2.05, 4.69) is 4.98 Å². The molecule has 4 heteroatoms. The van der Waals surface area contributed by atoms with Crippen molar-refractivity contribution in [2.24, 2.45) is 0 Å². The Hall–Kier alpha value is -2.49. The molecule has 0 saturated carbocycles. The fourth-order valence-corrected chi connectivity index (χ4v) is 2.42. The van der Waals surface area contributed by atoms with Crippen LogP contribution in [-0.4, -0.2) is 28.2 Å². The molecule has 100 valence electrons. The van der Waals surface area contributed by atoms with Crippen molar-refractivity contribution >= 4 is 11.8 Å². The van der Waals surface area contributed by atoms with E-state index in [-0.39, 0.29) is 11.8 Å². The molecule has 4 nitrogen and oxygen atoms in total. The van der Waals surface area contributed by atoms with Gasteiger partial charge in [-0.05, 0) is 24.5 Å². The van der Waals surface area contributed by atoms with Crippen LogP contribution in [0.2, 0.25) is 0 Å². The molecule has 2 amide bonds. The zero-order chi connectivity index (χ0) is 13.9. The Morgan fingerprint density at radius 2 is 1.70 bits per heavy atom. The van der Waals surface area contributed by atoms with Gasteiger partial charge in [-0.1, -0.05) is 30.3 Å². The highest BCUT2D eigenvalue weighted by Crippen LogP contribution is 2.21. The van der Waals surface area contributed by atoms with Crippen molar-refractivity contribution in [1.82, 2.24) is 9.88 Å². The molecule has 0 atom stereocenters. The van der Waals surface area contributed by atoms with Gasteiger partial charge in [-0.25, -0.2) is 0 Å². The normalized spacial score (nSPS) is 13.7. The minimum Gasteiger partial charge on any atom is -0.274 e. The number of pyridine rings is 1. The predicted molar refractivity (Wildman–Crippen MR) is 74.4 cm³/mol. The van der Waals surface area contributed by atoms with Crippen molar-refractivity contribution in [2.45, 2.75) is 12.8 Å². The standard InChI is InChI=1S/C16H14N2O2/c19-15-13-8-9-17-11-14(13)16(20)18(15)10-4-7-12-5-2-1-3-6-12/h1-3,5-6,8-9,11H,4,7,10H2. The lowest BCUT2D eigenvalue weighted by Gasteiger charge is -2.13. The van der Waals surface area contributed by atoms with Crippen molar-refractivity contribution < 1.29 is 9.59 Å². The van der Waals surface area contributed by atoms with E-state index in [1.54, 1.807) is 6.07 Å². The quantitative estimate of drug-likeness (QED) is 0.798. The SMILES string of the molecule is O=C1c2ccncc2C(=O)N1CCCc1ccccc1. The fourth-order valence-electron chi connectivity index (χ4n) is 2.42. The summed E-state index contributed by atoms with van der Waals surface area (Å²) in [4.78, 5) is 29.5. The van der Waals surface area contributed by atoms with E-state index in [9.17, 15) is 9.59 Å². The number of hydrogen-bond acceptors (Lipinski definition) is 3. The molecule has 1 aliphatic heterocycles. The summed E-state index contributed by atoms with van der Waals surface area (Å²) in [6.45, 7) is 0.446. The summed E-state index contributed by atoms with van der Waals surface area (Å²) in [5, 5.41) is 0. The molecule has 0 saturated heterocycles. The van der Waals surface area contributed by atoms with Crippen molar-refractivity contribution in [3.05, 3.63) is 65.5 Å². The molecule has 2 heterocycles. The van der Waals surface area contributed by atoms with E-state index in [0.717, 1.165) is 12.8 Å². The third-order valence-corrected chi connectivity index (χ3v) is 3.46. The highest BCUT2D eigenvalue weighted by Gasteiger charge is 2.34. The second kappa shape index (κ2) is 5.25. The van der Waals surface area contributed by atoms with Crippen LogP contribution in [0.4, 0.5) is 0 Å². The van der Waals surface area contributed by atoms with E-state index in [0.29, 0.717) is 17.7 Å². The summed E-state index contributed by atoms with van der Waals surface area (Å²) in [5.74, 6) is -0.438. The highest BCUT2D eigenvalue weighted by molar-refractivity contribution is 6.21. The van der Waals surface area contributed by atoms with Crippen molar-refractivity contribution in [3.63, 3.8) is 0 Å². The summed E-state index contributed by atoms with van der Waals surface area (Å²) >= 11 is 0. The van der Waals surface area contributed by atoms with Gasteiger partial charge < -0.3 is 0 Å². The molecule has 20 heavy (non-hydrogen) atoms. The molecular weight excluding hydrogens is 252 g/mol. The van der Waals surface area contributed by atoms with Gasteiger partial charge in [-0.3, -0.25) is 19.5 Å². The number of carbonyl (C=O) groups excluding carboxylic acids is 2. The molecule has 0 bridgehead atoms. The average Bonchev–Trinajstić information content (AvgIpc) is 2.74. The number of rotatable bonds is 4. The van der Waals surface area contributed by atoms with Crippen molar-refractivity contribution in [1.29, 1.82) is 0 Å². The Labute approximate surface area is 117 Å². The van der Waals surface area contributed by atoms with Crippen LogP contribution in [0, 0.1) is 0 Å². The van der Waals surface area contributed by atoms with Crippen LogP contribution in [-0.2, 0) is 6.42 Å². The van der Waals surface area contributed by atoms with Crippen LogP contribution < -0.4 is 0 Å². The molecule has 0 unspecified atom stereocenters. The molecule has 0 fully saturated rings. The van der Waals surface area contributed by atoms with E-state index in [1.807, 2.05) is 30.3 Å². The topological polar surface area (TPSA) is 50.3 Å². The van der Waals surface area contributed by atoms with Crippen LogP contribution >= 0.6 is 0 Å². The third-order valence-electron chi connectivity index (χ3n) is 3.46. The molecule has 1 aromatic heterocycles. The Bertz CT molecular complexity index is 618. The Kier molecular flexibility index (Phi) is 3.29. The van der Waals surface area contributed by atoms with Gasteiger partial charge in [0.15, 0.2) is 0 Å². The number of nitrogens with zero attached hydrogens (tertiary/aromatic N) is 2. The minimum absolute atomic E-state index is 0.208. The Morgan fingerprint density at radius 3 is 2.45 bits per heavy atom. The first-order chi connectivity index (χ1) is 9.77. The minimum atomic E-state index is -0.230. The van der Waals surface area contributed by atoms with Crippen LogP contribution in [0.3, 0.4) is 0 Å². The Balaban J connectivity index is 1.65. The molecule has 1 aromatic carbocycles. The van der Waals surface area contributed by atoms with Gasteiger partial charge in [0.1, 0.15) is 0 Å². The number of fused-ring (bicyclic) bond motifs is 1. The van der Waals surface area contributed by atoms with E-state index in [4.69, 9.17) is 0 Å². The number of benzene rings is 1. The largest absolute Gasteiger partial charge is 0.274 e. The van der Waals surface area contributed by atoms with Gasteiger partial charge in [0.25, 0.3) is 11.8 Å². The van der Waals surface area contributed by atoms with E-state index < -0.39 is 0 Å². The summed E-state index contributed by atoms with van der Waals surface area (Å²) in [7, 11) is 0. The second-order valence-electron chi connectivity index (χ2n) is 4.77. The van der Waals surface area contributed by atoms with Gasteiger partial charge in [-0.2, -0.15) is 0 Å². The number of hydrogen-bond donors (Lipinski definition) is 0. The first-order valence-corrected chi connectivity index (χ1v) is 6.61. The molecule has 3 rings (SSSR count). The molecule has 0 aliphatic carbocycles. The second-order valence-corrected chi connectivity index (χ2v) is 4.77. The van der Waals surface area contributed by atoms with Crippen LogP contribution in [0.15, 0.2) is 48.8 Å². The maximum atomic E-state index is 12.1. The summed E-state index contributed by atoms with van der Waals surface area (Å²) in [6, 6.07) is 11.7. The average molecular weight is 266 g/mol. The summed E-state index contributed by atoms with van der Waals surface area (Å²) in [5.41, 5.74) is 2.09. The van der Waals surface area contributed by atoms with Crippen LogP contribution in [0.25, 0.3) is 0 Å². The number of aromatic nitrogens is 1. The summed E-state index contributed by atoms with van der Waals surface area (Å²) < 4.78 is 0. The smallest absolute Gasteiger partial charge is 0.263 e. The number of aryl methyl sites for hydroxylation is 1. The lowest BCUT2D eigenvalue weighted by Crippen LogP contribution is -2.30. The van der Waals surface area contributed by atoms with Gasteiger partial charge >= 0.3 is 0 Å². The van der Waals surface area contributed by atoms with Crippen LogP contribution in [0.1, 0.15) is 32.7 Å². The van der Waals surface area contributed by atoms with Crippen molar-refractivity contribution in [3.8, 4) is 0 Å². The van der Waals surface area contributed by atoms with Gasteiger partial charge in [0, 0.05) is 18.9 Å². The lowest BCUT2D eigenvalue weighted by atomic mass is 10.1. The lowest BCUT2D eigenvalue weighted by molar-refractivity contribution is 0.0652. The number of carbonyl (C=O) groups is 2. The molecule has 0 radical (unpaired) electrons. The molecular formula is C16H14N2O2. The fraction of sp³-hybridized carbons (Fsp3) is 0.188. The highest BCUT2D eigenvalue weighted by atomic mass is 16.2. The maximum absolute atomic E-state index is 12.1. The monoisotopic (exact) mass is 266 g/mol. The first kappa shape index (κ1) is 12.5. The number of amides is 2. The molecule has 1 aliphatic rings. The van der Waals surface area contributed by atoms with E-state index in [1.165, 1.54) is 22.9 Å². The maximum Gasteiger partial charge on any atom is 0.263 e. The molecule has 0 spiro atoms. The zero-order valence-corrected chi connectivity index (χ0v) is 11.0. The predicted octanol–water partition coefficient (Wildman–Crippen LogP) is 2.31. The first-order valence-electron chi connectivity index (χ1n) is 6.61. The zero-order valence-electron chi connectivity index (χ0n) is 11.0. The third kappa shape index (κ3) is 2.20. The Morgan fingerprint density at radius 1 is 0.950 bits per heavy atom. The molecule has 2 aromatic rings. The van der Waals surface area contributed by atoms with E-state index >= 15 is 0 Å². The molecule has 0 N–H and O–H groups in total. The van der Waals surface area contributed by atoms with Gasteiger partial charge in [-0.15, -0.1) is 0 Å². The number of imide groups is 1. The van der Waals surface area contributed by atoms with Gasteiger partial charge in [0.05, 0.1) is 11.1 Å². The van der Waals surface area contributed by atoms with Gasteiger partial charge in [0.2, 0.25) is 0 Å².